The molecule has 0 aromatic heterocycles. The highest BCUT2D eigenvalue weighted by Gasteiger charge is 2.11. The molecule has 1 heterocycles. The molecule has 3 aromatic rings. The maximum Gasteiger partial charge on any atom is 0.123 e. The van der Waals surface area contributed by atoms with Crippen molar-refractivity contribution in [1.82, 2.24) is 4.90 Å². The topological polar surface area (TPSA) is 21.7 Å². The highest BCUT2D eigenvalue weighted by molar-refractivity contribution is 5.69. The van der Waals surface area contributed by atoms with Crippen LogP contribution in [0, 0.1) is 5.82 Å². The van der Waals surface area contributed by atoms with Gasteiger partial charge in [0.25, 0.3) is 0 Å². The molecule has 1 aliphatic rings. The minimum atomic E-state index is -0.218. The van der Waals surface area contributed by atoms with Gasteiger partial charge in [0.2, 0.25) is 0 Å². The number of nitrogens with zero attached hydrogens (tertiary/aromatic N) is 1. The summed E-state index contributed by atoms with van der Waals surface area (Å²) >= 11 is 0. The van der Waals surface area contributed by atoms with Gasteiger partial charge in [-0.2, -0.15) is 0 Å². The van der Waals surface area contributed by atoms with Crippen molar-refractivity contribution in [1.29, 1.82) is 0 Å². The van der Waals surface area contributed by atoms with Crippen LogP contribution in [0.1, 0.15) is 24.0 Å². The zero-order valence-corrected chi connectivity index (χ0v) is 17.4. The molecule has 3 aromatic carbocycles. The van der Waals surface area contributed by atoms with Gasteiger partial charge in [-0.3, -0.25) is 4.90 Å². The van der Waals surface area contributed by atoms with Crippen LogP contribution in [-0.4, -0.2) is 38.3 Å². The molecule has 0 spiro atoms. The van der Waals surface area contributed by atoms with Crippen molar-refractivity contribution in [2.45, 2.75) is 19.3 Å². The Morgan fingerprint density at radius 2 is 1.57 bits per heavy atom. The van der Waals surface area contributed by atoms with E-state index in [1.807, 2.05) is 30.3 Å². The van der Waals surface area contributed by atoms with E-state index < -0.39 is 0 Å². The minimum absolute atomic E-state index is 0.218. The van der Waals surface area contributed by atoms with E-state index in [4.69, 9.17) is 9.47 Å². The third-order valence-electron chi connectivity index (χ3n) is 5.66. The quantitative estimate of drug-likeness (QED) is 0.489. The van der Waals surface area contributed by atoms with E-state index in [2.05, 4.69) is 29.2 Å². The number of benzene rings is 3. The van der Waals surface area contributed by atoms with Crippen molar-refractivity contribution < 1.29 is 13.9 Å². The van der Waals surface area contributed by atoms with Gasteiger partial charge in [0.05, 0.1) is 7.11 Å². The number of methoxy groups -OCH3 is 1. The number of hydrogen-bond donors (Lipinski definition) is 0. The number of ether oxygens (including phenoxy) is 2. The Hall–Kier alpha value is -2.85. The largest absolute Gasteiger partial charge is 0.497 e. The van der Waals surface area contributed by atoms with Gasteiger partial charge < -0.3 is 9.47 Å². The number of hydrogen-bond acceptors (Lipinski definition) is 3. The molecule has 0 saturated carbocycles. The van der Waals surface area contributed by atoms with Crippen LogP contribution in [-0.2, 0) is 6.42 Å². The van der Waals surface area contributed by atoms with Gasteiger partial charge >= 0.3 is 0 Å². The molecular formula is C26H28FNO2. The minimum Gasteiger partial charge on any atom is -0.497 e. The Morgan fingerprint density at radius 1 is 0.867 bits per heavy atom. The smallest absolute Gasteiger partial charge is 0.123 e. The average Bonchev–Trinajstić information content (AvgIpc) is 3.29. The molecule has 1 aliphatic heterocycles. The number of rotatable bonds is 8. The summed E-state index contributed by atoms with van der Waals surface area (Å²) in [5.41, 5.74) is 4.47. The fraction of sp³-hybridized carbons (Fsp3) is 0.308. The molecule has 0 bridgehead atoms. The molecule has 30 heavy (non-hydrogen) atoms. The van der Waals surface area contributed by atoms with Crippen molar-refractivity contribution in [3.05, 3.63) is 83.7 Å². The van der Waals surface area contributed by atoms with Gasteiger partial charge in [0, 0.05) is 6.54 Å². The summed E-state index contributed by atoms with van der Waals surface area (Å²) in [6, 6.07) is 21.0. The second-order valence-electron chi connectivity index (χ2n) is 7.75. The van der Waals surface area contributed by atoms with Gasteiger partial charge in [0.1, 0.15) is 23.9 Å². The summed E-state index contributed by atoms with van der Waals surface area (Å²) in [6.45, 7) is 4.09. The third kappa shape index (κ3) is 5.19. The lowest BCUT2D eigenvalue weighted by atomic mass is 9.94. The molecule has 1 fully saturated rings. The Balaban J connectivity index is 1.48. The van der Waals surface area contributed by atoms with Crippen LogP contribution >= 0.6 is 0 Å². The van der Waals surface area contributed by atoms with E-state index >= 15 is 0 Å². The van der Waals surface area contributed by atoms with E-state index in [1.165, 1.54) is 38.1 Å². The lowest BCUT2D eigenvalue weighted by Gasteiger charge is -2.15. The van der Waals surface area contributed by atoms with E-state index in [1.54, 1.807) is 7.11 Å². The fourth-order valence-corrected chi connectivity index (χ4v) is 3.98. The molecule has 156 valence electrons. The van der Waals surface area contributed by atoms with Crippen LogP contribution in [0.2, 0.25) is 0 Å². The van der Waals surface area contributed by atoms with Crippen molar-refractivity contribution in [2.75, 3.05) is 33.4 Å². The molecular weight excluding hydrogens is 377 g/mol. The first kappa shape index (κ1) is 20.4. The molecule has 0 atom stereocenters. The second-order valence-corrected chi connectivity index (χ2v) is 7.75. The molecule has 0 aliphatic carbocycles. The summed E-state index contributed by atoms with van der Waals surface area (Å²) in [4.78, 5) is 2.45. The van der Waals surface area contributed by atoms with E-state index in [0.29, 0.717) is 6.42 Å². The Morgan fingerprint density at radius 3 is 2.27 bits per heavy atom. The van der Waals surface area contributed by atoms with E-state index in [9.17, 15) is 4.39 Å². The summed E-state index contributed by atoms with van der Waals surface area (Å²) in [6.07, 6.45) is 3.31. The normalized spacial score (nSPS) is 14.1. The highest BCUT2D eigenvalue weighted by Crippen LogP contribution is 2.30. The predicted octanol–water partition coefficient (Wildman–Crippen LogP) is 5.57. The van der Waals surface area contributed by atoms with Crippen LogP contribution in [0.3, 0.4) is 0 Å². The lowest BCUT2D eigenvalue weighted by Crippen LogP contribution is -2.25. The van der Waals surface area contributed by atoms with E-state index in [-0.39, 0.29) is 5.82 Å². The zero-order chi connectivity index (χ0) is 20.8. The summed E-state index contributed by atoms with van der Waals surface area (Å²) in [7, 11) is 1.67. The van der Waals surface area contributed by atoms with Crippen LogP contribution < -0.4 is 9.47 Å². The van der Waals surface area contributed by atoms with Crippen molar-refractivity contribution in [3.63, 3.8) is 0 Å². The van der Waals surface area contributed by atoms with Gasteiger partial charge in [0.15, 0.2) is 0 Å². The molecule has 0 radical (unpaired) electrons. The van der Waals surface area contributed by atoms with Gasteiger partial charge in [-0.15, -0.1) is 0 Å². The molecule has 4 heteroatoms. The Labute approximate surface area is 178 Å². The SMILES string of the molecule is COc1ccc(-c2ccc(OCCN3CCCC3)cc2)c(Cc2ccc(F)cc2)c1. The average molecular weight is 406 g/mol. The first-order valence-electron chi connectivity index (χ1n) is 10.6. The van der Waals surface area contributed by atoms with Crippen LogP contribution in [0.5, 0.6) is 11.5 Å². The second kappa shape index (κ2) is 9.77. The van der Waals surface area contributed by atoms with Crippen molar-refractivity contribution >= 4 is 0 Å². The summed E-state index contributed by atoms with van der Waals surface area (Å²) < 4.78 is 24.6. The van der Waals surface area contributed by atoms with Crippen molar-refractivity contribution in [2.24, 2.45) is 0 Å². The third-order valence-corrected chi connectivity index (χ3v) is 5.66. The Kier molecular flexibility index (Phi) is 6.65. The summed E-state index contributed by atoms with van der Waals surface area (Å²) in [5.74, 6) is 1.49. The molecule has 0 N–H and O–H groups in total. The molecule has 1 saturated heterocycles. The highest BCUT2D eigenvalue weighted by atomic mass is 19.1. The van der Waals surface area contributed by atoms with Gasteiger partial charge in [-0.1, -0.05) is 30.3 Å². The molecule has 3 nitrogen and oxygen atoms in total. The standard InChI is InChI=1S/C26H28FNO2/c1-29-25-12-13-26(22(19-25)18-20-4-8-23(27)9-5-20)21-6-10-24(11-7-21)30-17-16-28-14-2-3-15-28/h4-13,19H,2-3,14-18H2,1H3. The Bertz CT molecular complexity index is 948. The monoisotopic (exact) mass is 405 g/mol. The zero-order valence-electron chi connectivity index (χ0n) is 17.4. The predicted molar refractivity (Wildman–Crippen MR) is 119 cm³/mol. The van der Waals surface area contributed by atoms with E-state index in [0.717, 1.165) is 46.9 Å². The molecule has 0 unspecified atom stereocenters. The maximum absolute atomic E-state index is 13.3. The summed E-state index contributed by atoms with van der Waals surface area (Å²) in [5, 5.41) is 0. The van der Waals surface area contributed by atoms with Crippen LogP contribution in [0.4, 0.5) is 4.39 Å². The number of likely N-dealkylation sites (tertiary alicyclic amines) is 1. The maximum atomic E-state index is 13.3. The lowest BCUT2D eigenvalue weighted by molar-refractivity contribution is 0.238. The van der Waals surface area contributed by atoms with Gasteiger partial charge in [-0.25, -0.2) is 4.39 Å². The van der Waals surface area contributed by atoms with Crippen LogP contribution in [0.15, 0.2) is 66.7 Å². The van der Waals surface area contributed by atoms with Crippen molar-refractivity contribution in [3.8, 4) is 22.6 Å². The number of halogens is 1. The van der Waals surface area contributed by atoms with Gasteiger partial charge in [-0.05, 0) is 91.0 Å². The first-order valence-corrected chi connectivity index (χ1v) is 10.6. The van der Waals surface area contributed by atoms with Crippen LogP contribution in [0.25, 0.3) is 11.1 Å². The molecule has 0 amide bonds. The fourth-order valence-electron chi connectivity index (χ4n) is 3.98. The first-order chi connectivity index (χ1) is 14.7. The molecule has 4 rings (SSSR count).